The van der Waals surface area contributed by atoms with E-state index in [9.17, 15) is 0 Å². The summed E-state index contributed by atoms with van der Waals surface area (Å²) < 4.78 is 7.81. The Balaban J connectivity index is 2.09. The first-order valence-electron chi connectivity index (χ1n) is 6.82. The van der Waals surface area contributed by atoms with Crippen molar-refractivity contribution in [2.75, 3.05) is 6.54 Å². The minimum atomic E-state index is 0.498. The lowest BCUT2D eigenvalue weighted by Crippen LogP contribution is -2.11. The summed E-state index contributed by atoms with van der Waals surface area (Å²) >= 11 is 7.16. The molecule has 1 heterocycles. The quantitative estimate of drug-likeness (QED) is 0.751. The Kier molecular flexibility index (Phi) is 6.21. The fourth-order valence-electron chi connectivity index (χ4n) is 1.97. The van der Waals surface area contributed by atoms with E-state index >= 15 is 0 Å². The molecule has 0 saturated heterocycles. The molecule has 3 nitrogen and oxygen atoms in total. The summed E-state index contributed by atoms with van der Waals surface area (Å²) in [6.45, 7) is 6.41. The molecule has 1 N–H and O–H groups in total. The fourth-order valence-corrected chi connectivity index (χ4v) is 3.48. The first-order chi connectivity index (χ1) is 10.1. The van der Waals surface area contributed by atoms with Crippen LogP contribution in [-0.4, -0.2) is 11.5 Å². The molecule has 0 saturated carbocycles. The van der Waals surface area contributed by atoms with Gasteiger partial charge in [0.2, 0.25) is 0 Å². The van der Waals surface area contributed by atoms with Gasteiger partial charge in [0.15, 0.2) is 0 Å². The van der Waals surface area contributed by atoms with Crippen LogP contribution >= 0.6 is 31.9 Å². The molecule has 0 aliphatic carbocycles. The number of halogens is 2. The number of ether oxygens (including phenoxy) is 1. The van der Waals surface area contributed by atoms with E-state index in [2.05, 4.69) is 67.3 Å². The number of aryl methyl sites for hydroxylation is 1. The number of nitrogens with one attached hydrogen (secondary N) is 1. The van der Waals surface area contributed by atoms with E-state index in [0.29, 0.717) is 6.61 Å². The van der Waals surface area contributed by atoms with Crippen molar-refractivity contribution in [3.05, 3.63) is 56.2 Å². The van der Waals surface area contributed by atoms with Crippen molar-refractivity contribution in [1.29, 1.82) is 0 Å². The van der Waals surface area contributed by atoms with Crippen molar-refractivity contribution in [3.8, 4) is 5.75 Å². The Labute approximate surface area is 142 Å². The molecule has 0 spiro atoms. The molecule has 0 bridgehead atoms. The molecular formula is C16H18Br2N2O. The van der Waals surface area contributed by atoms with Crippen LogP contribution in [0.25, 0.3) is 0 Å². The molecule has 2 rings (SSSR count). The average Bonchev–Trinajstić information content (AvgIpc) is 2.44. The largest absolute Gasteiger partial charge is 0.486 e. The van der Waals surface area contributed by atoms with Crippen molar-refractivity contribution < 1.29 is 4.74 Å². The summed E-state index contributed by atoms with van der Waals surface area (Å²) in [6, 6.07) is 6.24. The Hall–Kier alpha value is -0.910. The maximum atomic E-state index is 5.91. The Morgan fingerprint density at radius 3 is 2.43 bits per heavy atom. The van der Waals surface area contributed by atoms with Crippen LogP contribution in [0, 0.1) is 6.92 Å². The minimum Gasteiger partial charge on any atom is -0.486 e. The first-order valence-corrected chi connectivity index (χ1v) is 8.40. The molecule has 21 heavy (non-hydrogen) atoms. The van der Waals surface area contributed by atoms with Gasteiger partial charge in [-0.3, -0.25) is 4.98 Å². The molecule has 1 aromatic carbocycles. The van der Waals surface area contributed by atoms with Gasteiger partial charge in [0.1, 0.15) is 12.4 Å². The van der Waals surface area contributed by atoms with E-state index in [1.165, 1.54) is 5.56 Å². The maximum Gasteiger partial charge on any atom is 0.148 e. The zero-order chi connectivity index (χ0) is 15.2. The van der Waals surface area contributed by atoms with Gasteiger partial charge in [-0.25, -0.2) is 0 Å². The van der Waals surface area contributed by atoms with Crippen molar-refractivity contribution in [1.82, 2.24) is 10.3 Å². The summed E-state index contributed by atoms with van der Waals surface area (Å²) in [5.74, 6) is 0.816. The van der Waals surface area contributed by atoms with E-state index in [0.717, 1.165) is 38.9 Å². The van der Waals surface area contributed by atoms with Gasteiger partial charge >= 0.3 is 0 Å². The van der Waals surface area contributed by atoms with Crippen LogP contribution in [0.4, 0.5) is 0 Å². The van der Waals surface area contributed by atoms with Crippen molar-refractivity contribution in [2.24, 2.45) is 0 Å². The lowest BCUT2D eigenvalue weighted by molar-refractivity contribution is 0.301. The summed E-state index contributed by atoms with van der Waals surface area (Å²) in [7, 11) is 0. The highest BCUT2D eigenvalue weighted by Crippen LogP contribution is 2.35. The molecule has 0 amide bonds. The lowest BCUT2D eigenvalue weighted by atomic mass is 10.2. The van der Waals surface area contributed by atoms with Gasteiger partial charge in [-0.1, -0.05) is 6.92 Å². The Morgan fingerprint density at radius 1 is 1.10 bits per heavy atom. The van der Waals surface area contributed by atoms with Crippen LogP contribution in [0.2, 0.25) is 0 Å². The molecule has 0 radical (unpaired) electrons. The maximum absolute atomic E-state index is 5.91. The molecule has 2 aromatic rings. The third-order valence-electron chi connectivity index (χ3n) is 2.95. The molecule has 1 aromatic heterocycles. The second kappa shape index (κ2) is 7.92. The highest BCUT2D eigenvalue weighted by atomic mass is 79.9. The molecule has 0 atom stereocenters. The van der Waals surface area contributed by atoms with Crippen LogP contribution in [0.1, 0.15) is 23.6 Å². The molecule has 112 valence electrons. The number of hydrogen-bond acceptors (Lipinski definition) is 3. The second-order valence-corrected chi connectivity index (χ2v) is 6.54. The van der Waals surface area contributed by atoms with E-state index in [-0.39, 0.29) is 0 Å². The molecule has 0 fully saturated rings. The van der Waals surface area contributed by atoms with Gasteiger partial charge in [0.05, 0.1) is 8.95 Å². The van der Waals surface area contributed by atoms with Gasteiger partial charge < -0.3 is 10.1 Å². The van der Waals surface area contributed by atoms with Gasteiger partial charge in [0, 0.05) is 24.5 Å². The Bertz CT molecular complexity index is 594. The standard InChI is InChI=1S/C16H18Br2N2O/c1-3-19-8-12-5-14(17)16(15(18)6-12)21-10-13-4-11(2)7-20-9-13/h4-7,9,19H,3,8,10H2,1-2H3. The molecule has 0 aliphatic heterocycles. The lowest BCUT2D eigenvalue weighted by Gasteiger charge is -2.13. The zero-order valence-corrected chi connectivity index (χ0v) is 15.3. The van der Waals surface area contributed by atoms with Crippen LogP contribution in [0.3, 0.4) is 0 Å². The predicted molar refractivity (Wildman–Crippen MR) is 92.5 cm³/mol. The van der Waals surface area contributed by atoms with Gasteiger partial charge in [-0.2, -0.15) is 0 Å². The predicted octanol–water partition coefficient (Wildman–Crippen LogP) is 4.60. The van der Waals surface area contributed by atoms with Crippen LogP contribution < -0.4 is 10.1 Å². The number of rotatable bonds is 6. The van der Waals surface area contributed by atoms with Crippen molar-refractivity contribution >= 4 is 31.9 Å². The number of aromatic nitrogens is 1. The van der Waals surface area contributed by atoms with Crippen LogP contribution in [-0.2, 0) is 13.2 Å². The first kappa shape index (κ1) is 16.5. The topological polar surface area (TPSA) is 34.1 Å². The van der Waals surface area contributed by atoms with E-state index in [4.69, 9.17) is 4.74 Å². The number of nitrogens with zero attached hydrogens (tertiary/aromatic N) is 1. The van der Waals surface area contributed by atoms with Crippen molar-refractivity contribution in [2.45, 2.75) is 27.0 Å². The van der Waals surface area contributed by atoms with Crippen LogP contribution in [0.15, 0.2) is 39.5 Å². The smallest absolute Gasteiger partial charge is 0.148 e. The summed E-state index contributed by atoms with van der Waals surface area (Å²) in [5.41, 5.74) is 3.40. The number of hydrogen-bond donors (Lipinski definition) is 1. The molecule has 0 aliphatic rings. The third-order valence-corrected chi connectivity index (χ3v) is 4.13. The van der Waals surface area contributed by atoms with Gasteiger partial charge in [-0.05, 0) is 74.7 Å². The second-order valence-electron chi connectivity index (χ2n) is 4.83. The SMILES string of the molecule is CCNCc1cc(Br)c(OCc2cncc(C)c2)c(Br)c1. The average molecular weight is 414 g/mol. The summed E-state index contributed by atoms with van der Waals surface area (Å²) in [6.07, 6.45) is 3.67. The summed E-state index contributed by atoms with van der Waals surface area (Å²) in [5, 5.41) is 3.31. The monoisotopic (exact) mass is 412 g/mol. The fraction of sp³-hybridized carbons (Fsp3) is 0.312. The number of pyridine rings is 1. The summed E-state index contributed by atoms with van der Waals surface area (Å²) in [4.78, 5) is 4.18. The Morgan fingerprint density at radius 2 is 1.81 bits per heavy atom. The van der Waals surface area contributed by atoms with Crippen LogP contribution in [0.5, 0.6) is 5.75 Å². The third kappa shape index (κ3) is 4.80. The highest BCUT2D eigenvalue weighted by Gasteiger charge is 2.09. The molecule has 0 unspecified atom stereocenters. The van der Waals surface area contributed by atoms with Gasteiger partial charge in [-0.15, -0.1) is 0 Å². The number of benzene rings is 1. The molecular weight excluding hydrogens is 396 g/mol. The van der Waals surface area contributed by atoms with E-state index < -0.39 is 0 Å². The minimum absolute atomic E-state index is 0.498. The van der Waals surface area contributed by atoms with E-state index in [1.54, 1.807) is 0 Å². The molecule has 5 heteroatoms. The van der Waals surface area contributed by atoms with Gasteiger partial charge in [0.25, 0.3) is 0 Å². The van der Waals surface area contributed by atoms with E-state index in [1.807, 2.05) is 19.3 Å². The highest BCUT2D eigenvalue weighted by molar-refractivity contribution is 9.11. The van der Waals surface area contributed by atoms with Crippen molar-refractivity contribution in [3.63, 3.8) is 0 Å². The normalized spacial score (nSPS) is 10.7. The zero-order valence-electron chi connectivity index (χ0n) is 12.1.